The minimum Gasteiger partial charge on any atom is -0.462 e. The van der Waals surface area contributed by atoms with Gasteiger partial charge >= 0.3 is 39.5 Å². The summed E-state index contributed by atoms with van der Waals surface area (Å²) in [6.07, 6.45) is 46.0. The van der Waals surface area contributed by atoms with Crippen LogP contribution in [0.1, 0.15) is 364 Å². The number of carbonyl (C=O) groups is 4. The van der Waals surface area contributed by atoms with E-state index in [4.69, 9.17) is 37.0 Å². The second kappa shape index (κ2) is 62.6. The van der Waals surface area contributed by atoms with Crippen LogP contribution >= 0.6 is 15.6 Å². The van der Waals surface area contributed by atoms with Gasteiger partial charge in [-0.1, -0.05) is 312 Å². The van der Waals surface area contributed by atoms with Gasteiger partial charge in [0.05, 0.1) is 26.4 Å². The van der Waals surface area contributed by atoms with Crippen LogP contribution < -0.4 is 0 Å². The van der Waals surface area contributed by atoms with E-state index in [9.17, 15) is 43.2 Å². The summed E-state index contributed by atoms with van der Waals surface area (Å²) in [5.41, 5.74) is 0. The highest BCUT2D eigenvalue weighted by atomic mass is 31.2. The van der Waals surface area contributed by atoms with Crippen molar-refractivity contribution in [2.75, 3.05) is 39.6 Å². The van der Waals surface area contributed by atoms with Crippen LogP contribution in [-0.4, -0.2) is 96.7 Å². The number of unbranched alkanes of at least 4 members (excludes halogenated alkanes) is 34. The predicted molar refractivity (Wildman–Crippen MR) is 372 cm³/mol. The van der Waals surface area contributed by atoms with Crippen molar-refractivity contribution in [1.29, 1.82) is 0 Å². The molecule has 92 heavy (non-hydrogen) atoms. The van der Waals surface area contributed by atoms with Crippen LogP contribution in [0.4, 0.5) is 0 Å². The molecule has 0 saturated carbocycles. The molecule has 0 aromatic rings. The molecule has 0 aliphatic rings. The number of phosphoric acid groups is 2. The number of hydrogen-bond donors (Lipinski definition) is 3. The maximum Gasteiger partial charge on any atom is 0.472 e. The predicted octanol–water partition coefficient (Wildman–Crippen LogP) is 20.9. The summed E-state index contributed by atoms with van der Waals surface area (Å²) in [5.74, 6) is 0.888. The zero-order valence-electron chi connectivity index (χ0n) is 60.2. The highest BCUT2D eigenvalue weighted by Crippen LogP contribution is 2.45. The Morgan fingerprint density at radius 1 is 0.304 bits per heavy atom. The summed E-state index contributed by atoms with van der Waals surface area (Å²) in [6, 6.07) is 0. The number of aliphatic hydroxyl groups excluding tert-OH is 1. The Bertz CT molecular complexity index is 1820. The molecule has 3 N–H and O–H groups in total. The molecule has 7 atom stereocenters. The summed E-state index contributed by atoms with van der Waals surface area (Å²) in [4.78, 5) is 72.6. The fraction of sp³-hybridized carbons (Fsp3) is 0.945. The van der Waals surface area contributed by atoms with Crippen molar-refractivity contribution >= 4 is 39.5 Å². The molecule has 0 heterocycles. The van der Waals surface area contributed by atoms with Gasteiger partial charge < -0.3 is 33.8 Å². The van der Waals surface area contributed by atoms with Gasteiger partial charge in [-0.3, -0.25) is 37.3 Å². The fourth-order valence-electron chi connectivity index (χ4n) is 11.0. The van der Waals surface area contributed by atoms with Gasteiger partial charge in [0.25, 0.3) is 0 Å². The second-order valence-corrected chi connectivity index (χ2v) is 30.7. The van der Waals surface area contributed by atoms with Crippen molar-refractivity contribution in [2.45, 2.75) is 382 Å². The van der Waals surface area contributed by atoms with Crippen molar-refractivity contribution in [3.05, 3.63) is 0 Å². The number of aliphatic hydroxyl groups is 1. The minimum atomic E-state index is -4.95. The number of hydrogen-bond acceptors (Lipinski definition) is 15. The maximum atomic E-state index is 13.0. The molecule has 0 aliphatic heterocycles. The topological polar surface area (TPSA) is 237 Å². The van der Waals surface area contributed by atoms with E-state index < -0.39 is 97.5 Å². The molecule has 0 radical (unpaired) electrons. The van der Waals surface area contributed by atoms with Gasteiger partial charge in [-0.2, -0.15) is 0 Å². The number of ether oxygens (including phenoxy) is 4. The maximum absolute atomic E-state index is 13.0. The van der Waals surface area contributed by atoms with E-state index in [1.165, 1.54) is 161 Å². The van der Waals surface area contributed by atoms with Crippen molar-refractivity contribution in [3.63, 3.8) is 0 Å². The molecule has 0 bridgehead atoms. The summed E-state index contributed by atoms with van der Waals surface area (Å²) in [5, 5.41) is 10.6. The van der Waals surface area contributed by atoms with Crippen LogP contribution in [0.3, 0.4) is 0 Å². The van der Waals surface area contributed by atoms with E-state index in [1.54, 1.807) is 0 Å². The molecule has 17 nitrogen and oxygen atoms in total. The van der Waals surface area contributed by atoms with Crippen LogP contribution in [-0.2, 0) is 65.4 Å². The first-order valence-electron chi connectivity index (χ1n) is 37.8. The average Bonchev–Trinajstić information content (AvgIpc) is 3.68. The van der Waals surface area contributed by atoms with E-state index in [0.29, 0.717) is 31.6 Å². The van der Waals surface area contributed by atoms with Crippen molar-refractivity contribution in [1.82, 2.24) is 0 Å². The van der Waals surface area contributed by atoms with Gasteiger partial charge in [0.2, 0.25) is 0 Å². The third-order valence-electron chi connectivity index (χ3n) is 17.5. The van der Waals surface area contributed by atoms with Crippen molar-refractivity contribution in [2.24, 2.45) is 23.7 Å². The van der Waals surface area contributed by atoms with Crippen LogP contribution in [0.15, 0.2) is 0 Å². The third kappa shape index (κ3) is 64.1. The first-order chi connectivity index (χ1) is 44.2. The normalized spacial score (nSPS) is 14.8. The second-order valence-electron chi connectivity index (χ2n) is 27.8. The van der Waals surface area contributed by atoms with Gasteiger partial charge in [0.1, 0.15) is 19.3 Å². The molecule has 0 rings (SSSR count). The Balaban J connectivity index is 5.19. The van der Waals surface area contributed by atoms with Gasteiger partial charge in [-0.25, -0.2) is 9.13 Å². The lowest BCUT2D eigenvalue weighted by Gasteiger charge is -2.21. The van der Waals surface area contributed by atoms with Gasteiger partial charge in [-0.15, -0.1) is 0 Å². The Hall–Kier alpha value is -1.94. The summed E-state index contributed by atoms with van der Waals surface area (Å²) >= 11 is 0. The van der Waals surface area contributed by atoms with E-state index in [0.717, 1.165) is 114 Å². The quantitative estimate of drug-likeness (QED) is 0.0222. The molecule has 19 heteroatoms. The van der Waals surface area contributed by atoms with Crippen LogP contribution in [0, 0.1) is 23.7 Å². The molecule has 0 spiro atoms. The van der Waals surface area contributed by atoms with Crippen LogP contribution in [0.25, 0.3) is 0 Å². The van der Waals surface area contributed by atoms with E-state index >= 15 is 0 Å². The molecule has 0 fully saturated rings. The first kappa shape index (κ1) is 90.1. The zero-order valence-corrected chi connectivity index (χ0v) is 62.0. The minimum absolute atomic E-state index is 0.102. The summed E-state index contributed by atoms with van der Waals surface area (Å²) < 4.78 is 68.3. The Labute approximate surface area is 562 Å². The average molecular weight is 1350 g/mol. The number of phosphoric ester groups is 2. The molecule has 5 unspecified atom stereocenters. The number of esters is 4. The molecule has 0 aromatic carbocycles. The standard InChI is InChI=1S/C73H142O17P2/c1-9-65(7)51-43-35-26-22-19-20-23-27-37-45-53-70(75)83-59-69(90-73(78)56-48-40-32-30-36-44-52-66(8)10-2)62-88-92(81,82)86-58-67(74)57-85-91(79,80)87-61-68(60-84-71(76)54-46-38-31-29-34-42-50-64(5)6)89-72(77)55-47-39-28-24-18-16-14-12-11-13-15-17-21-25-33-41-49-63(3)4/h63-69,74H,9-62H2,1-8H3,(H,79,80)(H,81,82)/t65?,66?,67?,68-,69-/m1/s1. The first-order valence-corrected chi connectivity index (χ1v) is 40.8. The zero-order chi connectivity index (χ0) is 68.2. The van der Waals surface area contributed by atoms with Gasteiger partial charge in [0.15, 0.2) is 12.2 Å². The van der Waals surface area contributed by atoms with E-state index in [-0.39, 0.29) is 25.7 Å². The van der Waals surface area contributed by atoms with Crippen LogP contribution in [0.2, 0.25) is 0 Å². The largest absolute Gasteiger partial charge is 0.472 e. The van der Waals surface area contributed by atoms with E-state index in [2.05, 4.69) is 55.4 Å². The molecular weight excluding hydrogens is 1210 g/mol. The molecule has 0 aliphatic carbocycles. The summed E-state index contributed by atoms with van der Waals surface area (Å²) in [6.45, 7) is 14.1. The molecular formula is C73H142O17P2. The third-order valence-corrected chi connectivity index (χ3v) is 19.4. The number of rotatable bonds is 70. The van der Waals surface area contributed by atoms with Crippen molar-refractivity contribution in [3.8, 4) is 0 Å². The smallest absolute Gasteiger partial charge is 0.462 e. The molecule has 0 saturated heterocycles. The lowest BCUT2D eigenvalue weighted by atomic mass is 9.99. The Morgan fingerprint density at radius 3 is 0.772 bits per heavy atom. The Morgan fingerprint density at radius 2 is 0.522 bits per heavy atom. The SMILES string of the molecule is CCC(C)CCCCCCCCCCCCC(=O)OC[C@H](COP(=O)(O)OCC(O)COP(=O)(O)OC[C@@H](COC(=O)CCCCCCCCC(C)C)OC(=O)CCCCCCCCCCCCCCCCCCC(C)C)OC(=O)CCCCCCCCC(C)CC. The lowest BCUT2D eigenvalue weighted by Crippen LogP contribution is -2.30. The molecule has 0 aromatic heterocycles. The highest BCUT2D eigenvalue weighted by molar-refractivity contribution is 7.47. The Kier molecular flexibility index (Phi) is 61.3. The molecule has 0 amide bonds. The number of carbonyl (C=O) groups excluding carboxylic acids is 4. The fourth-order valence-corrected chi connectivity index (χ4v) is 12.5. The lowest BCUT2D eigenvalue weighted by molar-refractivity contribution is -0.161. The van der Waals surface area contributed by atoms with E-state index in [1.807, 2.05) is 0 Å². The molecule has 546 valence electrons. The monoisotopic (exact) mass is 1350 g/mol. The van der Waals surface area contributed by atoms with Crippen LogP contribution in [0.5, 0.6) is 0 Å². The van der Waals surface area contributed by atoms with Crippen molar-refractivity contribution < 1.29 is 80.2 Å². The van der Waals surface area contributed by atoms with Gasteiger partial charge in [-0.05, 0) is 49.4 Å². The summed E-state index contributed by atoms with van der Waals surface area (Å²) in [7, 11) is -9.91. The van der Waals surface area contributed by atoms with Gasteiger partial charge in [0, 0.05) is 25.7 Å². The highest BCUT2D eigenvalue weighted by Gasteiger charge is 2.30.